The summed E-state index contributed by atoms with van der Waals surface area (Å²) in [4.78, 5) is 21.3. The summed E-state index contributed by atoms with van der Waals surface area (Å²) in [6, 6.07) is 1.30. The maximum absolute atomic E-state index is 13.3. The van der Waals surface area contributed by atoms with Crippen LogP contribution in [-0.2, 0) is 16.0 Å². The minimum absolute atomic E-state index is 0.322. The maximum Gasteiger partial charge on any atom is 0.340 e. The maximum atomic E-state index is 13.3. The Kier molecular flexibility index (Phi) is 3.55. The summed E-state index contributed by atoms with van der Waals surface area (Å²) in [7, 11) is 1.03. The normalized spacial score (nSPS) is 9.94. The number of rotatable bonds is 3. The first kappa shape index (κ1) is 12.1. The Morgan fingerprint density at radius 1 is 1.31 bits per heavy atom. The standard InChI is InChI=1S/C10H8F2O4/c1-16-10(15)6-4-7(11)5(2-8(6)12)3-9(13)14/h2,4H,3H2,1H3,(H,13,14). The van der Waals surface area contributed by atoms with E-state index in [2.05, 4.69) is 4.74 Å². The molecule has 4 nitrogen and oxygen atoms in total. The lowest BCUT2D eigenvalue weighted by Crippen LogP contribution is -2.09. The molecule has 0 saturated heterocycles. The molecule has 0 saturated carbocycles. The zero-order chi connectivity index (χ0) is 12.3. The summed E-state index contributed by atoms with van der Waals surface area (Å²) in [6.07, 6.45) is -0.649. The molecule has 0 fully saturated rings. The second kappa shape index (κ2) is 4.69. The van der Waals surface area contributed by atoms with Crippen molar-refractivity contribution in [2.75, 3.05) is 7.11 Å². The van der Waals surface area contributed by atoms with E-state index in [4.69, 9.17) is 5.11 Å². The van der Waals surface area contributed by atoms with E-state index in [0.717, 1.165) is 7.11 Å². The second-order valence-electron chi connectivity index (χ2n) is 2.99. The number of benzene rings is 1. The second-order valence-corrected chi connectivity index (χ2v) is 2.99. The molecule has 0 spiro atoms. The number of aliphatic carboxylic acids is 1. The Balaban J connectivity index is 3.16. The largest absolute Gasteiger partial charge is 0.481 e. The van der Waals surface area contributed by atoms with Crippen molar-refractivity contribution in [2.24, 2.45) is 0 Å². The topological polar surface area (TPSA) is 63.6 Å². The van der Waals surface area contributed by atoms with E-state index in [1.54, 1.807) is 0 Å². The lowest BCUT2D eigenvalue weighted by atomic mass is 10.1. The molecule has 16 heavy (non-hydrogen) atoms. The van der Waals surface area contributed by atoms with Gasteiger partial charge in [0.1, 0.15) is 11.6 Å². The molecule has 0 heterocycles. The van der Waals surface area contributed by atoms with E-state index < -0.39 is 35.6 Å². The molecule has 0 radical (unpaired) electrons. The first-order chi connectivity index (χ1) is 7.45. The summed E-state index contributed by atoms with van der Waals surface area (Å²) in [5.74, 6) is -4.27. The molecule has 0 aliphatic rings. The average Bonchev–Trinajstić information content (AvgIpc) is 2.21. The van der Waals surface area contributed by atoms with Gasteiger partial charge in [-0.3, -0.25) is 4.79 Å². The Hall–Kier alpha value is -1.98. The van der Waals surface area contributed by atoms with Crippen molar-refractivity contribution in [1.82, 2.24) is 0 Å². The van der Waals surface area contributed by atoms with Crippen LogP contribution in [0.4, 0.5) is 8.78 Å². The Morgan fingerprint density at radius 3 is 2.44 bits per heavy atom. The molecule has 1 aromatic carbocycles. The van der Waals surface area contributed by atoms with Gasteiger partial charge in [-0.25, -0.2) is 13.6 Å². The number of hydrogen-bond donors (Lipinski definition) is 1. The van der Waals surface area contributed by atoms with Crippen molar-refractivity contribution in [1.29, 1.82) is 0 Å². The van der Waals surface area contributed by atoms with Crippen molar-refractivity contribution in [3.8, 4) is 0 Å². The first-order valence-corrected chi connectivity index (χ1v) is 4.23. The summed E-state index contributed by atoms with van der Waals surface area (Å²) < 4.78 is 30.7. The predicted molar refractivity (Wildman–Crippen MR) is 49.0 cm³/mol. The highest BCUT2D eigenvalue weighted by Gasteiger charge is 2.17. The third-order valence-corrected chi connectivity index (χ3v) is 1.88. The molecular weight excluding hydrogens is 222 g/mol. The molecule has 1 aromatic rings. The summed E-state index contributed by atoms with van der Waals surface area (Å²) in [6.45, 7) is 0. The molecule has 1 N–H and O–H groups in total. The van der Waals surface area contributed by atoms with Gasteiger partial charge in [0, 0.05) is 5.56 Å². The summed E-state index contributed by atoms with van der Waals surface area (Å²) in [5.41, 5.74) is -0.883. The summed E-state index contributed by atoms with van der Waals surface area (Å²) in [5, 5.41) is 8.43. The fraction of sp³-hybridized carbons (Fsp3) is 0.200. The number of esters is 1. The molecule has 6 heteroatoms. The van der Waals surface area contributed by atoms with Crippen LogP contribution < -0.4 is 0 Å². The predicted octanol–water partition coefficient (Wildman–Crippen LogP) is 1.38. The van der Waals surface area contributed by atoms with Crippen LogP contribution in [0, 0.1) is 11.6 Å². The molecule has 1 rings (SSSR count). The van der Waals surface area contributed by atoms with Gasteiger partial charge in [-0.2, -0.15) is 0 Å². The van der Waals surface area contributed by atoms with E-state index in [0.29, 0.717) is 12.1 Å². The van der Waals surface area contributed by atoms with Crippen LogP contribution >= 0.6 is 0 Å². The van der Waals surface area contributed by atoms with Crippen molar-refractivity contribution in [2.45, 2.75) is 6.42 Å². The van der Waals surface area contributed by atoms with E-state index in [-0.39, 0.29) is 5.56 Å². The minimum atomic E-state index is -1.29. The number of carboxylic acid groups (broad SMARTS) is 1. The number of carbonyl (C=O) groups excluding carboxylic acids is 1. The number of ether oxygens (including phenoxy) is 1. The molecule has 0 bridgehead atoms. The highest BCUT2D eigenvalue weighted by Crippen LogP contribution is 2.16. The van der Waals surface area contributed by atoms with Crippen LogP contribution in [0.5, 0.6) is 0 Å². The molecule has 86 valence electrons. The van der Waals surface area contributed by atoms with E-state index >= 15 is 0 Å². The van der Waals surface area contributed by atoms with Crippen molar-refractivity contribution in [3.63, 3.8) is 0 Å². The van der Waals surface area contributed by atoms with Gasteiger partial charge in [0.25, 0.3) is 0 Å². The third kappa shape index (κ3) is 2.53. The highest BCUT2D eigenvalue weighted by molar-refractivity contribution is 5.89. The molecule has 0 aliphatic heterocycles. The smallest absolute Gasteiger partial charge is 0.340 e. The molecule has 0 amide bonds. The van der Waals surface area contributed by atoms with Crippen LogP contribution in [0.3, 0.4) is 0 Å². The first-order valence-electron chi connectivity index (χ1n) is 4.23. The Bertz CT molecular complexity index is 443. The van der Waals surface area contributed by atoms with Crippen LogP contribution in [0.1, 0.15) is 15.9 Å². The highest BCUT2D eigenvalue weighted by atomic mass is 19.1. The van der Waals surface area contributed by atoms with Gasteiger partial charge >= 0.3 is 11.9 Å². The van der Waals surface area contributed by atoms with Crippen LogP contribution in [0.2, 0.25) is 0 Å². The molecule has 0 aromatic heterocycles. The summed E-state index contributed by atoms with van der Waals surface area (Å²) >= 11 is 0. The van der Waals surface area contributed by atoms with Crippen LogP contribution in [0.15, 0.2) is 12.1 Å². The van der Waals surface area contributed by atoms with E-state index in [1.807, 2.05) is 0 Å². The number of methoxy groups -OCH3 is 1. The Morgan fingerprint density at radius 2 is 1.94 bits per heavy atom. The van der Waals surface area contributed by atoms with Crippen molar-refractivity contribution in [3.05, 3.63) is 34.9 Å². The van der Waals surface area contributed by atoms with Gasteiger partial charge in [0.05, 0.1) is 19.1 Å². The van der Waals surface area contributed by atoms with Gasteiger partial charge in [0.15, 0.2) is 0 Å². The van der Waals surface area contributed by atoms with Crippen LogP contribution in [0.25, 0.3) is 0 Å². The number of hydrogen-bond acceptors (Lipinski definition) is 3. The van der Waals surface area contributed by atoms with Gasteiger partial charge < -0.3 is 9.84 Å². The van der Waals surface area contributed by atoms with Crippen molar-refractivity contribution < 1.29 is 28.2 Å². The van der Waals surface area contributed by atoms with Gasteiger partial charge in [-0.05, 0) is 12.1 Å². The van der Waals surface area contributed by atoms with Crippen LogP contribution in [-0.4, -0.2) is 24.2 Å². The molecule has 0 aliphatic carbocycles. The fourth-order valence-corrected chi connectivity index (χ4v) is 1.15. The minimum Gasteiger partial charge on any atom is -0.481 e. The lowest BCUT2D eigenvalue weighted by Gasteiger charge is -2.04. The lowest BCUT2D eigenvalue weighted by molar-refractivity contribution is -0.136. The number of carboxylic acids is 1. The number of carbonyl (C=O) groups is 2. The van der Waals surface area contributed by atoms with Gasteiger partial charge in [0.2, 0.25) is 0 Å². The van der Waals surface area contributed by atoms with E-state index in [1.165, 1.54) is 0 Å². The van der Waals surface area contributed by atoms with Crippen molar-refractivity contribution >= 4 is 11.9 Å². The zero-order valence-corrected chi connectivity index (χ0v) is 8.29. The molecule has 0 unspecified atom stereocenters. The van der Waals surface area contributed by atoms with Gasteiger partial charge in [-0.1, -0.05) is 0 Å². The Labute approximate surface area is 89.5 Å². The average molecular weight is 230 g/mol. The fourth-order valence-electron chi connectivity index (χ4n) is 1.15. The zero-order valence-electron chi connectivity index (χ0n) is 8.29. The van der Waals surface area contributed by atoms with E-state index in [9.17, 15) is 18.4 Å². The molecule has 0 atom stereocenters. The van der Waals surface area contributed by atoms with Gasteiger partial charge in [-0.15, -0.1) is 0 Å². The quantitative estimate of drug-likeness (QED) is 0.796. The third-order valence-electron chi connectivity index (χ3n) is 1.88. The molecular formula is C10H8F2O4. The SMILES string of the molecule is COC(=O)c1cc(F)c(CC(=O)O)cc1F. The number of halogens is 2. The monoisotopic (exact) mass is 230 g/mol.